The molecule has 0 aliphatic heterocycles. The van der Waals surface area contributed by atoms with Crippen LogP contribution in [0.5, 0.6) is 0 Å². The Morgan fingerprint density at radius 1 is 1.55 bits per heavy atom. The summed E-state index contributed by atoms with van der Waals surface area (Å²) in [5.74, 6) is 0.297. The summed E-state index contributed by atoms with van der Waals surface area (Å²) in [6.07, 6.45) is 2.51. The number of carbonyl (C=O) groups is 1. The minimum Gasteiger partial charge on any atom is -0.388 e. The fraction of sp³-hybridized carbons (Fsp3) is 0.500. The number of hydrogen-bond donors (Lipinski definition) is 2. The zero-order valence-corrected chi connectivity index (χ0v) is 11.6. The summed E-state index contributed by atoms with van der Waals surface area (Å²) in [4.78, 5) is 13.9. The summed E-state index contributed by atoms with van der Waals surface area (Å²) in [6, 6.07) is 3.81. The number of nitrogens with zero attached hydrogens (tertiary/aromatic N) is 4. The molecule has 2 aromatic rings. The first-order valence-electron chi connectivity index (χ1n) is 6.45. The molecule has 0 aromatic carbocycles. The highest BCUT2D eigenvalue weighted by Gasteiger charge is 2.34. The van der Waals surface area contributed by atoms with Gasteiger partial charge in [0.15, 0.2) is 0 Å². The number of aliphatic hydroxyl groups is 1. The van der Waals surface area contributed by atoms with Crippen LogP contribution in [0.25, 0.3) is 10.7 Å². The number of thiophene rings is 1. The summed E-state index contributed by atoms with van der Waals surface area (Å²) in [6.45, 7) is 0.298. The van der Waals surface area contributed by atoms with Crippen molar-refractivity contribution in [2.45, 2.75) is 31.4 Å². The van der Waals surface area contributed by atoms with E-state index in [-0.39, 0.29) is 19.0 Å². The average molecular weight is 293 g/mol. The maximum atomic E-state index is 11.7. The van der Waals surface area contributed by atoms with Gasteiger partial charge in [0.25, 0.3) is 0 Å². The van der Waals surface area contributed by atoms with Crippen molar-refractivity contribution < 1.29 is 9.90 Å². The first-order chi connectivity index (χ1) is 9.65. The SMILES string of the molecule is O=C(Cn1nnc(-c2cccs2)n1)NCC1(O)CCC1. The van der Waals surface area contributed by atoms with Crippen LogP contribution < -0.4 is 5.32 Å². The fourth-order valence-corrected chi connectivity index (χ4v) is 2.67. The molecular weight excluding hydrogens is 278 g/mol. The van der Waals surface area contributed by atoms with Crippen LogP contribution in [0.4, 0.5) is 0 Å². The van der Waals surface area contributed by atoms with E-state index in [4.69, 9.17) is 0 Å². The number of rotatable bonds is 5. The summed E-state index contributed by atoms with van der Waals surface area (Å²) in [5.41, 5.74) is -0.715. The van der Waals surface area contributed by atoms with Gasteiger partial charge in [-0.05, 0) is 35.9 Å². The largest absolute Gasteiger partial charge is 0.388 e. The Balaban J connectivity index is 1.54. The van der Waals surface area contributed by atoms with Crippen LogP contribution in [0.2, 0.25) is 0 Å². The lowest BCUT2D eigenvalue weighted by Gasteiger charge is -2.36. The topological polar surface area (TPSA) is 92.9 Å². The Morgan fingerprint density at radius 3 is 3.05 bits per heavy atom. The minimum atomic E-state index is -0.715. The highest BCUT2D eigenvalue weighted by molar-refractivity contribution is 7.13. The normalized spacial score (nSPS) is 16.6. The van der Waals surface area contributed by atoms with Gasteiger partial charge in [0, 0.05) is 6.54 Å². The van der Waals surface area contributed by atoms with E-state index in [9.17, 15) is 9.90 Å². The van der Waals surface area contributed by atoms with Crippen LogP contribution in [0.1, 0.15) is 19.3 Å². The Hall–Kier alpha value is -1.80. The van der Waals surface area contributed by atoms with E-state index in [1.54, 1.807) is 0 Å². The van der Waals surface area contributed by atoms with Crippen molar-refractivity contribution >= 4 is 17.2 Å². The second kappa shape index (κ2) is 5.29. The van der Waals surface area contributed by atoms with Gasteiger partial charge in [0.1, 0.15) is 6.54 Å². The Bertz CT molecular complexity index is 591. The van der Waals surface area contributed by atoms with Crippen molar-refractivity contribution in [2.24, 2.45) is 0 Å². The quantitative estimate of drug-likeness (QED) is 0.834. The van der Waals surface area contributed by atoms with Crippen molar-refractivity contribution in [1.29, 1.82) is 0 Å². The number of aromatic nitrogens is 4. The fourth-order valence-electron chi connectivity index (χ4n) is 2.02. The van der Waals surface area contributed by atoms with Crippen LogP contribution in [0.3, 0.4) is 0 Å². The lowest BCUT2D eigenvalue weighted by atomic mass is 9.80. The molecular formula is C12H15N5O2S. The first-order valence-corrected chi connectivity index (χ1v) is 7.33. The van der Waals surface area contributed by atoms with E-state index in [1.165, 1.54) is 16.1 Å². The van der Waals surface area contributed by atoms with Gasteiger partial charge in [-0.25, -0.2) is 0 Å². The van der Waals surface area contributed by atoms with Crippen LogP contribution in [-0.2, 0) is 11.3 Å². The minimum absolute atomic E-state index is 0.00839. The molecule has 2 N–H and O–H groups in total. The zero-order valence-electron chi connectivity index (χ0n) is 10.8. The number of amides is 1. The molecule has 7 nitrogen and oxygen atoms in total. The van der Waals surface area contributed by atoms with Crippen LogP contribution >= 0.6 is 11.3 Å². The van der Waals surface area contributed by atoms with Gasteiger partial charge in [0.05, 0.1) is 10.5 Å². The maximum absolute atomic E-state index is 11.7. The summed E-state index contributed by atoms with van der Waals surface area (Å²) >= 11 is 1.52. The molecule has 1 fully saturated rings. The third-order valence-electron chi connectivity index (χ3n) is 3.38. The summed E-state index contributed by atoms with van der Waals surface area (Å²) in [5, 5.41) is 26.4. The van der Waals surface area contributed by atoms with Crippen molar-refractivity contribution in [1.82, 2.24) is 25.5 Å². The molecule has 1 aliphatic carbocycles. The molecule has 8 heteroatoms. The van der Waals surface area contributed by atoms with Gasteiger partial charge in [-0.3, -0.25) is 4.79 Å². The number of nitrogens with one attached hydrogen (secondary N) is 1. The van der Waals surface area contributed by atoms with E-state index in [2.05, 4.69) is 20.7 Å². The molecule has 0 unspecified atom stereocenters. The Kier molecular flexibility index (Phi) is 3.49. The molecule has 1 aliphatic rings. The third kappa shape index (κ3) is 2.86. The first kappa shape index (κ1) is 13.2. The molecule has 2 heterocycles. The smallest absolute Gasteiger partial charge is 0.243 e. The monoisotopic (exact) mass is 293 g/mol. The van der Waals surface area contributed by atoms with Crippen LogP contribution in [0, 0.1) is 0 Å². The van der Waals surface area contributed by atoms with E-state index >= 15 is 0 Å². The van der Waals surface area contributed by atoms with Gasteiger partial charge in [-0.2, -0.15) is 4.80 Å². The van der Waals surface area contributed by atoms with E-state index < -0.39 is 5.60 Å². The highest BCUT2D eigenvalue weighted by atomic mass is 32.1. The predicted octanol–water partition coefficient (Wildman–Crippen LogP) is 0.433. The van der Waals surface area contributed by atoms with Crippen LogP contribution in [-0.4, -0.2) is 43.4 Å². The molecule has 1 saturated carbocycles. The van der Waals surface area contributed by atoms with Crippen molar-refractivity contribution in [3.8, 4) is 10.7 Å². The van der Waals surface area contributed by atoms with Crippen molar-refractivity contribution in [3.05, 3.63) is 17.5 Å². The van der Waals surface area contributed by atoms with Crippen molar-refractivity contribution in [3.63, 3.8) is 0 Å². The molecule has 0 spiro atoms. The van der Waals surface area contributed by atoms with Crippen LogP contribution in [0.15, 0.2) is 17.5 Å². The second-order valence-electron chi connectivity index (χ2n) is 4.98. The van der Waals surface area contributed by atoms with Gasteiger partial charge < -0.3 is 10.4 Å². The molecule has 0 bridgehead atoms. The van der Waals surface area contributed by atoms with Crippen molar-refractivity contribution in [2.75, 3.05) is 6.54 Å². The maximum Gasteiger partial charge on any atom is 0.243 e. The van der Waals surface area contributed by atoms with Gasteiger partial charge >= 0.3 is 0 Å². The average Bonchev–Trinajstić information content (AvgIpc) is 3.04. The van der Waals surface area contributed by atoms with E-state index in [0.29, 0.717) is 5.82 Å². The van der Waals surface area contributed by atoms with Gasteiger partial charge in [-0.1, -0.05) is 6.07 Å². The molecule has 2 aromatic heterocycles. The molecule has 20 heavy (non-hydrogen) atoms. The van der Waals surface area contributed by atoms with Gasteiger partial charge in [-0.15, -0.1) is 21.5 Å². The lowest BCUT2D eigenvalue weighted by Crippen LogP contribution is -2.48. The lowest BCUT2D eigenvalue weighted by molar-refractivity contribution is -0.124. The molecule has 0 radical (unpaired) electrons. The molecule has 1 amide bonds. The summed E-state index contributed by atoms with van der Waals surface area (Å²) < 4.78 is 0. The molecule has 3 rings (SSSR count). The molecule has 0 saturated heterocycles. The predicted molar refractivity (Wildman–Crippen MR) is 72.9 cm³/mol. The number of tetrazole rings is 1. The van der Waals surface area contributed by atoms with E-state index in [0.717, 1.165) is 24.1 Å². The second-order valence-corrected chi connectivity index (χ2v) is 5.92. The summed E-state index contributed by atoms with van der Waals surface area (Å²) in [7, 11) is 0. The molecule has 0 atom stereocenters. The Morgan fingerprint density at radius 2 is 2.40 bits per heavy atom. The third-order valence-corrected chi connectivity index (χ3v) is 4.24. The van der Waals surface area contributed by atoms with E-state index in [1.807, 2.05) is 17.5 Å². The van der Waals surface area contributed by atoms with Gasteiger partial charge in [0.2, 0.25) is 11.7 Å². The highest BCUT2D eigenvalue weighted by Crippen LogP contribution is 2.30. The Labute approximate surface area is 119 Å². The standard InChI is InChI=1S/C12H15N5O2S/c18-10(13-8-12(19)4-2-5-12)7-17-15-11(14-16-17)9-3-1-6-20-9/h1,3,6,19H,2,4-5,7-8H2,(H,13,18). The zero-order chi connectivity index (χ0) is 14.0. The number of hydrogen-bond acceptors (Lipinski definition) is 6. The molecule has 106 valence electrons. The number of carbonyl (C=O) groups excluding carboxylic acids is 1.